The first-order chi connectivity index (χ1) is 11.2. The molecule has 0 aliphatic carbocycles. The van der Waals surface area contributed by atoms with Crippen LogP contribution in [-0.2, 0) is 0 Å². The monoisotopic (exact) mass is 314 g/mol. The molecule has 0 spiro atoms. The van der Waals surface area contributed by atoms with Gasteiger partial charge in [-0.25, -0.2) is 5.43 Å². The minimum absolute atomic E-state index is 0.110. The van der Waals surface area contributed by atoms with Gasteiger partial charge in [0.1, 0.15) is 11.5 Å². The highest BCUT2D eigenvalue weighted by atomic mass is 16.7. The Morgan fingerprint density at radius 3 is 2.78 bits per heavy atom. The molecule has 118 valence electrons. The molecule has 23 heavy (non-hydrogen) atoms. The summed E-state index contributed by atoms with van der Waals surface area (Å²) in [6.45, 7) is 0.156. The van der Waals surface area contributed by atoms with E-state index in [0.29, 0.717) is 22.8 Å². The molecule has 3 rings (SSSR count). The molecule has 2 aromatic rings. The Labute approximate surface area is 132 Å². The largest absolute Gasteiger partial charge is 0.507 e. The lowest BCUT2D eigenvalue weighted by Crippen LogP contribution is -2.17. The molecular formula is C16H14N2O5. The predicted octanol–water partition coefficient (Wildman–Crippen LogP) is 1.89. The maximum atomic E-state index is 11.9. The maximum Gasteiger partial charge on any atom is 0.275 e. The zero-order chi connectivity index (χ0) is 16.2. The molecule has 1 aliphatic heterocycles. The van der Waals surface area contributed by atoms with Crippen LogP contribution in [0.5, 0.6) is 23.0 Å². The topological polar surface area (TPSA) is 89.4 Å². The Hall–Kier alpha value is -3.22. The third kappa shape index (κ3) is 3.03. The van der Waals surface area contributed by atoms with Crippen molar-refractivity contribution in [1.29, 1.82) is 0 Å². The van der Waals surface area contributed by atoms with Crippen LogP contribution in [0.25, 0.3) is 0 Å². The van der Waals surface area contributed by atoms with E-state index in [0.717, 1.165) is 0 Å². The lowest BCUT2D eigenvalue weighted by Gasteiger charge is -2.06. The second-order valence-electron chi connectivity index (χ2n) is 4.66. The van der Waals surface area contributed by atoms with Gasteiger partial charge in [0, 0.05) is 11.6 Å². The molecule has 0 unspecified atom stereocenters. The first-order valence-corrected chi connectivity index (χ1v) is 6.78. The molecule has 1 aliphatic rings. The van der Waals surface area contributed by atoms with E-state index < -0.39 is 5.91 Å². The van der Waals surface area contributed by atoms with Gasteiger partial charge in [-0.2, -0.15) is 5.10 Å². The molecule has 0 saturated carbocycles. The Morgan fingerprint density at radius 2 is 2.04 bits per heavy atom. The number of amides is 1. The van der Waals surface area contributed by atoms with E-state index in [-0.39, 0.29) is 18.1 Å². The average Bonchev–Trinajstić information content (AvgIpc) is 3.01. The quantitative estimate of drug-likeness (QED) is 0.664. The van der Waals surface area contributed by atoms with Crippen molar-refractivity contribution < 1.29 is 24.1 Å². The SMILES string of the molecule is COc1cc2c(cc1/C=N\NC(=O)c1ccccc1O)OCO2. The summed E-state index contributed by atoms with van der Waals surface area (Å²) in [6.07, 6.45) is 1.43. The van der Waals surface area contributed by atoms with Crippen molar-refractivity contribution in [3.05, 3.63) is 47.5 Å². The number of aromatic hydroxyl groups is 1. The number of fused-ring (bicyclic) bond motifs is 1. The smallest absolute Gasteiger partial charge is 0.275 e. The van der Waals surface area contributed by atoms with Crippen LogP contribution >= 0.6 is 0 Å². The van der Waals surface area contributed by atoms with E-state index in [1.54, 1.807) is 24.3 Å². The highest BCUT2D eigenvalue weighted by Crippen LogP contribution is 2.37. The third-order valence-electron chi connectivity index (χ3n) is 3.24. The second kappa shape index (κ2) is 6.27. The van der Waals surface area contributed by atoms with Gasteiger partial charge >= 0.3 is 0 Å². The Balaban J connectivity index is 1.76. The number of para-hydroxylation sites is 1. The van der Waals surface area contributed by atoms with E-state index in [1.165, 1.54) is 25.5 Å². The Kier molecular flexibility index (Phi) is 4.01. The summed E-state index contributed by atoms with van der Waals surface area (Å²) < 4.78 is 15.8. The van der Waals surface area contributed by atoms with Crippen LogP contribution in [-0.4, -0.2) is 31.1 Å². The number of nitrogens with zero attached hydrogens (tertiary/aromatic N) is 1. The Bertz CT molecular complexity index is 773. The van der Waals surface area contributed by atoms with Gasteiger partial charge < -0.3 is 19.3 Å². The van der Waals surface area contributed by atoms with Crippen molar-refractivity contribution in [2.75, 3.05) is 13.9 Å². The number of hydrogen-bond acceptors (Lipinski definition) is 6. The van der Waals surface area contributed by atoms with Crippen LogP contribution in [0.3, 0.4) is 0 Å². The predicted molar refractivity (Wildman–Crippen MR) is 82.3 cm³/mol. The maximum absolute atomic E-state index is 11.9. The number of hydrogen-bond donors (Lipinski definition) is 2. The van der Waals surface area contributed by atoms with Gasteiger partial charge in [0.05, 0.1) is 18.9 Å². The van der Waals surface area contributed by atoms with Gasteiger partial charge in [0.15, 0.2) is 11.5 Å². The lowest BCUT2D eigenvalue weighted by molar-refractivity contribution is 0.0952. The number of phenols is 1. The van der Waals surface area contributed by atoms with Crippen LogP contribution in [0.2, 0.25) is 0 Å². The molecule has 0 bridgehead atoms. The molecule has 0 saturated heterocycles. The minimum Gasteiger partial charge on any atom is -0.507 e. The first-order valence-electron chi connectivity index (χ1n) is 6.78. The van der Waals surface area contributed by atoms with Crippen LogP contribution in [0.4, 0.5) is 0 Å². The van der Waals surface area contributed by atoms with Crippen LogP contribution in [0.15, 0.2) is 41.5 Å². The summed E-state index contributed by atoms with van der Waals surface area (Å²) in [4.78, 5) is 11.9. The lowest BCUT2D eigenvalue weighted by atomic mass is 10.2. The van der Waals surface area contributed by atoms with Crippen molar-refractivity contribution in [2.45, 2.75) is 0 Å². The number of rotatable bonds is 4. The molecule has 1 heterocycles. The number of ether oxygens (including phenoxy) is 3. The van der Waals surface area contributed by atoms with E-state index in [9.17, 15) is 9.90 Å². The minimum atomic E-state index is -0.515. The summed E-state index contributed by atoms with van der Waals surface area (Å²) >= 11 is 0. The number of hydrazone groups is 1. The summed E-state index contributed by atoms with van der Waals surface area (Å²) in [7, 11) is 1.52. The fraction of sp³-hybridized carbons (Fsp3) is 0.125. The molecule has 0 radical (unpaired) electrons. The summed E-state index contributed by atoms with van der Waals surface area (Å²) in [5, 5.41) is 13.5. The van der Waals surface area contributed by atoms with E-state index in [1.807, 2.05) is 0 Å². The highest BCUT2D eigenvalue weighted by Gasteiger charge is 2.17. The molecule has 1 amide bonds. The standard InChI is InChI=1S/C16H14N2O5/c1-21-13-7-15-14(22-9-23-15)6-10(13)8-17-18-16(20)11-4-2-3-5-12(11)19/h2-8,19H,9H2,1H3,(H,18,20)/b17-8-. The van der Waals surface area contributed by atoms with E-state index in [2.05, 4.69) is 10.5 Å². The van der Waals surface area contributed by atoms with Crippen molar-refractivity contribution in [2.24, 2.45) is 5.10 Å². The number of nitrogens with one attached hydrogen (secondary N) is 1. The molecular weight excluding hydrogens is 300 g/mol. The van der Waals surface area contributed by atoms with Gasteiger partial charge in [-0.15, -0.1) is 0 Å². The molecule has 7 nitrogen and oxygen atoms in total. The molecule has 7 heteroatoms. The molecule has 2 N–H and O–H groups in total. The van der Waals surface area contributed by atoms with Gasteiger partial charge in [-0.3, -0.25) is 4.79 Å². The van der Waals surface area contributed by atoms with Crippen LogP contribution < -0.4 is 19.6 Å². The Morgan fingerprint density at radius 1 is 1.30 bits per heavy atom. The number of methoxy groups -OCH3 is 1. The van der Waals surface area contributed by atoms with E-state index in [4.69, 9.17) is 14.2 Å². The average molecular weight is 314 g/mol. The van der Waals surface area contributed by atoms with Crippen molar-refractivity contribution >= 4 is 12.1 Å². The first kappa shape index (κ1) is 14.7. The number of carbonyl (C=O) groups is 1. The normalized spacial score (nSPS) is 12.4. The van der Waals surface area contributed by atoms with Crippen molar-refractivity contribution in [1.82, 2.24) is 5.43 Å². The highest BCUT2D eigenvalue weighted by molar-refractivity contribution is 5.97. The van der Waals surface area contributed by atoms with Gasteiger partial charge in [-0.05, 0) is 18.2 Å². The van der Waals surface area contributed by atoms with Crippen molar-refractivity contribution in [3.63, 3.8) is 0 Å². The van der Waals surface area contributed by atoms with E-state index >= 15 is 0 Å². The fourth-order valence-corrected chi connectivity index (χ4v) is 2.10. The van der Waals surface area contributed by atoms with Crippen LogP contribution in [0, 0.1) is 0 Å². The number of phenolic OH excluding ortho intramolecular Hbond substituents is 1. The number of carbonyl (C=O) groups excluding carboxylic acids is 1. The zero-order valence-corrected chi connectivity index (χ0v) is 12.3. The molecule has 2 aromatic carbocycles. The molecule has 0 atom stereocenters. The van der Waals surface area contributed by atoms with Crippen molar-refractivity contribution in [3.8, 4) is 23.0 Å². The van der Waals surface area contributed by atoms with Crippen LogP contribution in [0.1, 0.15) is 15.9 Å². The molecule has 0 aromatic heterocycles. The summed E-state index contributed by atoms with van der Waals surface area (Å²) in [5.41, 5.74) is 3.11. The number of benzene rings is 2. The van der Waals surface area contributed by atoms with Gasteiger partial charge in [0.2, 0.25) is 6.79 Å². The second-order valence-corrected chi connectivity index (χ2v) is 4.66. The molecule has 0 fully saturated rings. The van der Waals surface area contributed by atoms with Gasteiger partial charge in [0.25, 0.3) is 5.91 Å². The summed E-state index contributed by atoms with van der Waals surface area (Å²) in [6, 6.07) is 9.61. The summed E-state index contributed by atoms with van der Waals surface area (Å²) in [5.74, 6) is 1.09. The van der Waals surface area contributed by atoms with Gasteiger partial charge in [-0.1, -0.05) is 12.1 Å². The zero-order valence-electron chi connectivity index (χ0n) is 12.3. The fourth-order valence-electron chi connectivity index (χ4n) is 2.10. The third-order valence-corrected chi connectivity index (χ3v) is 3.24.